The van der Waals surface area contributed by atoms with Gasteiger partial charge in [0.2, 0.25) is 0 Å². The normalized spacial score (nSPS) is 15.3. The Labute approximate surface area is 157 Å². The molecular weight excluding hydrogens is 346 g/mol. The first-order valence-electron chi connectivity index (χ1n) is 8.72. The fraction of sp³-hybridized carbons (Fsp3) is 0.350. The summed E-state index contributed by atoms with van der Waals surface area (Å²) in [6, 6.07) is 9.82. The molecule has 1 aliphatic carbocycles. The van der Waals surface area contributed by atoms with Crippen molar-refractivity contribution >= 4 is 23.3 Å². The molecule has 1 amide bonds. The van der Waals surface area contributed by atoms with E-state index in [-0.39, 0.29) is 17.5 Å². The van der Waals surface area contributed by atoms with E-state index in [9.17, 15) is 10.1 Å². The smallest absolute Gasteiger partial charge is 0.262 e. The van der Waals surface area contributed by atoms with Gasteiger partial charge in [-0.1, -0.05) is 31.4 Å². The number of thiazole rings is 1. The van der Waals surface area contributed by atoms with E-state index in [1.165, 1.54) is 17.8 Å². The van der Waals surface area contributed by atoms with E-state index in [2.05, 4.69) is 10.3 Å². The van der Waals surface area contributed by atoms with Crippen molar-refractivity contribution in [3.63, 3.8) is 0 Å². The molecule has 0 aliphatic heterocycles. The molecular formula is C20H21N3O2S. The maximum absolute atomic E-state index is 12.4. The van der Waals surface area contributed by atoms with Crippen LogP contribution in [-0.4, -0.2) is 24.0 Å². The van der Waals surface area contributed by atoms with Gasteiger partial charge < -0.3 is 10.1 Å². The molecule has 6 heteroatoms. The maximum Gasteiger partial charge on any atom is 0.262 e. The average molecular weight is 367 g/mol. The van der Waals surface area contributed by atoms with Gasteiger partial charge in [-0.2, -0.15) is 5.26 Å². The van der Waals surface area contributed by atoms with Gasteiger partial charge in [-0.25, -0.2) is 4.98 Å². The predicted molar refractivity (Wildman–Crippen MR) is 103 cm³/mol. The third kappa shape index (κ3) is 4.50. The lowest BCUT2D eigenvalue weighted by molar-refractivity contribution is -0.117. The van der Waals surface area contributed by atoms with Crippen LogP contribution in [0, 0.1) is 11.3 Å². The van der Waals surface area contributed by atoms with Gasteiger partial charge in [-0.05, 0) is 31.1 Å². The minimum absolute atomic E-state index is 0.0954. The van der Waals surface area contributed by atoms with Gasteiger partial charge in [0, 0.05) is 17.0 Å². The summed E-state index contributed by atoms with van der Waals surface area (Å²) in [4.78, 5) is 16.9. The summed E-state index contributed by atoms with van der Waals surface area (Å²) in [5.41, 5.74) is 1.65. The second-order valence-corrected chi connectivity index (χ2v) is 7.15. The number of carbonyl (C=O) groups excluding carboxylic acids is 1. The number of benzene rings is 1. The van der Waals surface area contributed by atoms with Crippen molar-refractivity contribution < 1.29 is 9.53 Å². The summed E-state index contributed by atoms with van der Waals surface area (Å²) >= 11 is 1.47. The van der Waals surface area contributed by atoms with Gasteiger partial charge >= 0.3 is 0 Å². The molecule has 0 unspecified atom stereocenters. The molecule has 1 heterocycles. The second kappa shape index (κ2) is 8.63. The zero-order valence-corrected chi connectivity index (χ0v) is 15.5. The van der Waals surface area contributed by atoms with Crippen LogP contribution in [0.4, 0.5) is 0 Å². The fourth-order valence-electron chi connectivity index (χ4n) is 3.05. The van der Waals surface area contributed by atoms with Crippen molar-refractivity contribution in [2.75, 3.05) is 7.11 Å². The summed E-state index contributed by atoms with van der Waals surface area (Å²) in [6.45, 7) is 0. The molecule has 26 heavy (non-hydrogen) atoms. The van der Waals surface area contributed by atoms with Gasteiger partial charge in [-0.3, -0.25) is 4.79 Å². The molecule has 0 radical (unpaired) electrons. The highest BCUT2D eigenvalue weighted by molar-refractivity contribution is 7.13. The van der Waals surface area contributed by atoms with Gasteiger partial charge in [-0.15, -0.1) is 11.3 Å². The average Bonchev–Trinajstić information content (AvgIpc) is 3.15. The molecule has 1 aromatic heterocycles. The lowest BCUT2D eigenvalue weighted by Crippen LogP contribution is -2.36. The number of carbonyl (C=O) groups is 1. The summed E-state index contributed by atoms with van der Waals surface area (Å²) in [6.07, 6.45) is 7.01. The number of nitrogens with one attached hydrogen (secondary N) is 1. The van der Waals surface area contributed by atoms with E-state index in [0.29, 0.717) is 5.69 Å². The molecule has 0 bridgehead atoms. The van der Waals surface area contributed by atoms with E-state index in [1.807, 2.05) is 35.7 Å². The molecule has 2 aromatic rings. The van der Waals surface area contributed by atoms with E-state index in [4.69, 9.17) is 4.74 Å². The van der Waals surface area contributed by atoms with E-state index in [1.54, 1.807) is 13.2 Å². The molecule has 1 saturated carbocycles. The Morgan fingerprint density at radius 2 is 2.19 bits per heavy atom. The first-order chi connectivity index (χ1) is 12.7. The zero-order valence-electron chi connectivity index (χ0n) is 14.7. The quantitative estimate of drug-likeness (QED) is 0.635. The van der Waals surface area contributed by atoms with Gasteiger partial charge in [0.15, 0.2) is 0 Å². The Morgan fingerprint density at radius 3 is 2.92 bits per heavy atom. The first-order valence-corrected chi connectivity index (χ1v) is 9.60. The van der Waals surface area contributed by atoms with E-state index >= 15 is 0 Å². The Hall–Kier alpha value is -2.65. The van der Waals surface area contributed by atoms with Crippen molar-refractivity contribution in [1.82, 2.24) is 10.3 Å². The zero-order chi connectivity index (χ0) is 18.4. The molecule has 0 atom stereocenters. The van der Waals surface area contributed by atoms with Crippen LogP contribution in [0.25, 0.3) is 16.6 Å². The highest BCUT2D eigenvalue weighted by Crippen LogP contribution is 2.27. The molecule has 1 fully saturated rings. The van der Waals surface area contributed by atoms with Crippen LogP contribution in [0.15, 0.2) is 35.2 Å². The topological polar surface area (TPSA) is 75.0 Å². The van der Waals surface area contributed by atoms with Crippen LogP contribution in [0.5, 0.6) is 5.75 Å². The van der Waals surface area contributed by atoms with Gasteiger partial charge in [0.1, 0.15) is 22.4 Å². The van der Waals surface area contributed by atoms with Crippen LogP contribution in [0.1, 0.15) is 37.8 Å². The summed E-state index contributed by atoms with van der Waals surface area (Å²) in [5, 5.41) is 15.0. The van der Waals surface area contributed by atoms with Crippen molar-refractivity contribution in [2.45, 2.75) is 38.1 Å². The molecule has 134 valence electrons. The van der Waals surface area contributed by atoms with Gasteiger partial charge in [0.25, 0.3) is 5.91 Å². The summed E-state index contributed by atoms with van der Waals surface area (Å²) in [5.74, 6) is 0.453. The summed E-state index contributed by atoms with van der Waals surface area (Å²) in [7, 11) is 1.62. The molecule has 5 nitrogen and oxygen atoms in total. The number of rotatable bonds is 5. The van der Waals surface area contributed by atoms with Crippen molar-refractivity contribution in [1.29, 1.82) is 5.26 Å². The lowest BCUT2D eigenvalue weighted by atomic mass is 9.95. The predicted octanol–water partition coefficient (Wildman–Crippen LogP) is 4.17. The van der Waals surface area contributed by atoms with E-state index in [0.717, 1.165) is 42.0 Å². The largest absolute Gasteiger partial charge is 0.497 e. The number of nitrogens with zero attached hydrogens (tertiary/aromatic N) is 2. The van der Waals surface area contributed by atoms with E-state index < -0.39 is 0 Å². The molecule has 0 saturated heterocycles. The number of amides is 1. The van der Waals surface area contributed by atoms with Crippen LogP contribution < -0.4 is 10.1 Å². The highest BCUT2D eigenvalue weighted by atomic mass is 32.1. The molecule has 3 rings (SSSR count). The van der Waals surface area contributed by atoms with Crippen molar-refractivity contribution in [2.24, 2.45) is 0 Å². The number of aromatic nitrogens is 1. The maximum atomic E-state index is 12.4. The molecule has 1 aromatic carbocycles. The fourth-order valence-corrected chi connectivity index (χ4v) is 3.82. The van der Waals surface area contributed by atoms with Crippen LogP contribution in [-0.2, 0) is 4.79 Å². The molecule has 1 N–H and O–H groups in total. The third-order valence-electron chi connectivity index (χ3n) is 4.44. The number of hydrogen-bond acceptors (Lipinski definition) is 5. The monoisotopic (exact) mass is 367 g/mol. The van der Waals surface area contributed by atoms with Crippen LogP contribution >= 0.6 is 11.3 Å². The first kappa shape index (κ1) is 18.2. The lowest BCUT2D eigenvalue weighted by Gasteiger charge is -2.22. The van der Waals surface area contributed by atoms with Crippen LogP contribution in [0.2, 0.25) is 0 Å². The van der Waals surface area contributed by atoms with Crippen LogP contribution in [0.3, 0.4) is 0 Å². The van der Waals surface area contributed by atoms with Crippen molar-refractivity contribution in [3.05, 3.63) is 40.9 Å². The molecule has 1 aliphatic rings. The second-order valence-electron chi connectivity index (χ2n) is 6.29. The minimum atomic E-state index is -0.310. The number of nitriles is 1. The molecule has 0 spiro atoms. The number of methoxy groups -OCH3 is 1. The minimum Gasteiger partial charge on any atom is -0.497 e. The van der Waals surface area contributed by atoms with Gasteiger partial charge in [0.05, 0.1) is 12.8 Å². The highest BCUT2D eigenvalue weighted by Gasteiger charge is 2.18. The number of ether oxygens (including phenoxy) is 1. The van der Waals surface area contributed by atoms with Crippen molar-refractivity contribution in [3.8, 4) is 22.4 Å². The Kier molecular flexibility index (Phi) is 6.03. The standard InChI is InChI=1S/C20H21N3O2S/c1-25-18-9-5-6-14(11-18)20-23-17(13-26-20)10-15(12-21)19(24)22-16-7-3-2-4-8-16/h5-6,9-11,13,16H,2-4,7-8H2,1H3,(H,22,24). The Balaban J connectivity index is 1.74. The summed E-state index contributed by atoms with van der Waals surface area (Å²) < 4.78 is 5.24. The Bertz CT molecular complexity index is 845. The number of hydrogen-bond donors (Lipinski definition) is 1. The Morgan fingerprint density at radius 1 is 1.38 bits per heavy atom. The SMILES string of the molecule is COc1cccc(-c2nc(C=C(C#N)C(=O)NC3CCCCC3)cs2)c1. The third-order valence-corrected chi connectivity index (χ3v) is 5.35.